The van der Waals surface area contributed by atoms with Crippen LogP contribution in [-0.4, -0.2) is 31.8 Å². The molecular formula is C26H26ClN3O4S. The summed E-state index contributed by atoms with van der Waals surface area (Å²) in [4.78, 5) is 20.1. The van der Waals surface area contributed by atoms with Gasteiger partial charge >= 0.3 is 0 Å². The second-order valence-corrected chi connectivity index (χ2v) is 11.6. The number of nitrogens with one attached hydrogen (secondary N) is 2. The summed E-state index contributed by atoms with van der Waals surface area (Å²) in [5.74, 6) is 0.680. The van der Waals surface area contributed by atoms with Crippen LogP contribution in [0, 0.1) is 0 Å². The van der Waals surface area contributed by atoms with E-state index in [1.165, 1.54) is 6.20 Å². The van der Waals surface area contributed by atoms with E-state index in [-0.39, 0.29) is 11.0 Å². The third kappa shape index (κ3) is 5.18. The molecule has 2 heterocycles. The lowest BCUT2D eigenvalue weighted by atomic mass is 9.83. The number of aromatic amines is 1. The second kappa shape index (κ2) is 9.02. The number of halogens is 1. The molecule has 4 aromatic rings. The van der Waals surface area contributed by atoms with E-state index in [1.807, 2.05) is 24.3 Å². The number of anilines is 1. The summed E-state index contributed by atoms with van der Waals surface area (Å²) in [6.45, 7) is 6.23. The molecule has 0 aliphatic heterocycles. The van der Waals surface area contributed by atoms with Crippen LogP contribution in [0.3, 0.4) is 0 Å². The zero-order chi connectivity index (χ0) is 25.5. The minimum atomic E-state index is -3.37. The highest BCUT2D eigenvalue weighted by Gasteiger charge is 2.25. The lowest BCUT2D eigenvalue weighted by Gasteiger charge is -2.25. The normalized spacial score (nSPS) is 12.1. The van der Waals surface area contributed by atoms with Crippen molar-refractivity contribution in [1.82, 2.24) is 9.97 Å². The molecule has 2 N–H and O–H groups in total. The average molecular weight is 512 g/mol. The van der Waals surface area contributed by atoms with E-state index in [1.54, 1.807) is 31.5 Å². The quantitative estimate of drug-likeness (QED) is 0.364. The molecule has 0 saturated carbocycles. The maximum atomic E-state index is 12.7. The summed E-state index contributed by atoms with van der Waals surface area (Å²) in [5, 5.41) is 1.17. The highest BCUT2D eigenvalue weighted by Crippen LogP contribution is 2.42. The first-order chi connectivity index (χ1) is 16.4. The third-order valence-electron chi connectivity index (χ3n) is 5.61. The van der Waals surface area contributed by atoms with E-state index in [4.69, 9.17) is 21.3 Å². The molecule has 0 amide bonds. The van der Waals surface area contributed by atoms with Gasteiger partial charge in [-0.1, -0.05) is 44.5 Å². The van der Waals surface area contributed by atoms with Crippen LogP contribution < -0.4 is 15.0 Å². The Bertz CT molecular complexity index is 1590. The van der Waals surface area contributed by atoms with Gasteiger partial charge in [-0.05, 0) is 41.3 Å². The van der Waals surface area contributed by atoms with Gasteiger partial charge in [0.2, 0.25) is 10.0 Å². The molecule has 0 unspecified atom stereocenters. The van der Waals surface area contributed by atoms with Gasteiger partial charge in [-0.2, -0.15) is 0 Å². The Morgan fingerprint density at radius 3 is 2.31 bits per heavy atom. The van der Waals surface area contributed by atoms with E-state index >= 15 is 0 Å². The lowest BCUT2D eigenvalue weighted by Crippen LogP contribution is -2.15. The Labute approximate surface area is 209 Å². The number of H-pyrrole nitrogens is 1. The summed E-state index contributed by atoms with van der Waals surface area (Å²) < 4.78 is 31.3. The van der Waals surface area contributed by atoms with Crippen molar-refractivity contribution in [1.29, 1.82) is 0 Å². The highest BCUT2D eigenvalue weighted by atomic mass is 35.5. The topological polar surface area (TPSA) is 101 Å². The maximum absolute atomic E-state index is 12.7. The van der Waals surface area contributed by atoms with E-state index in [9.17, 15) is 13.2 Å². The van der Waals surface area contributed by atoms with Gasteiger partial charge in [-0.3, -0.25) is 14.5 Å². The fraction of sp³-hybridized carbons (Fsp3) is 0.231. The molecule has 0 spiro atoms. The first kappa shape index (κ1) is 24.8. The zero-order valence-electron chi connectivity index (χ0n) is 20.1. The Morgan fingerprint density at radius 1 is 1.03 bits per heavy atom. The minimum Gasteiger partial charge on any atom is -0.496 e. The average Bonchev–Trinajstić information content (AvgIpc) is 2.78. The largest absolute Gasteiger partial charge is 0.496 e. The first-order valence-electron chi connectivity index (χ1n) is 10.9. The van der Waals surface area contributed by atoms with Crippen molar-refractivity contribution in [2.75, 3.05) is 18.1 Å². The summed E-state index contributed by atoms with van der Waals surface area (Å²) >= 11 is 6.21. The lowest BCUT2D eigenvalue weighted by molar-refractivity contribution is 0.402. The van der Waals surface area contributed by atoms with Crippen LogP contribution in [0.15, 0.2) is 59.7 Å². The smallest absolute Gasteiger partial charge is 0.255 e. The number of sulfonamides is 1. The maximum Gasteiger partial charge on any atom is 0.255 e. The Kier molecular flexibility index (Phi) is 6.38. The number of aromatic nitrogens is 2. The third-order valence-corrected chi connectivity index (χ3v) is 6.44. The molecule has 0 aliphatic rings. The molecule has 0 fully saturated rings. The van der Waals surface area contributed by atoms with Crippen molar-refractivity contribution in [2.24, 2.45) is 0 Å². The van der Waals surface area contributed by atoms with Gasteiger partial charge in [0.05, 0.1) is 29.5 Å². The Hall–Kier alpha value is -3.36. The van der Waals surface area contributed by atoms with Crippen LogP contribution in [0.2, 0.25) is 5.02 Å². The van der Waals surface area contributed by atoms with Crippen molar-refractivity contribution in [2.45, 2.75) is 26.2 Å². The second-order valence-electron chi connectivity index (χ2n) is 9.39. The predicted molar refractivity (Wildman–Crippen MR) is 142 cm³/mol. The van der Waals surface area contributed by atoms with E-state index < -0.39 is 10.0 Å². The number of hydrogen-bond acceptors (Lipinski definition) is 5. The number of benzene rings is 2. The van der Waals surface area contributed by atoms with Gasteiger partial charge < -0.3 is 9.72 Å². The van der Waals surface area contributed by atoms with Gasteiger partial charge in [0.25, 0.3) is 5.56 Å². The van der Waals surface area contributed by atoms with Gasteiger partial charge in [0.1, 0.15) is 5.75 Å². The predicted octanol–water partition coefficient (Wildman–Crippen LogP) is 5.59. The van der Waals surface area contributed by atoms with Crippen LogP contribution in [0.5, 0.6) is 5.75 Å². The van der Waals surface area contributed by atoms with Crippen molar-refractivity contribution in [3.63, 3.8) is 0 Å². The van der Waals surface area contributed by atoms with Gasteiger partial charge in [0, 0.05) is 40.2 Å². The number of hydrogen-bond donors (Lipinski definition) is 2. The fourth-order valence-electron chi connectivity index (χ4n) is 4.02. The summed E-state index contributed by atoms with van der Waals surface area (Å²) in [5.41, 5.74) is 4.22. The Morgan fingerprint density at radius 2 is 1.71 bits per heavy atom. The van der Waals surface area contributed by atoms with Gasteiger partial charge in [-0.25, -0.2) is 8.42 Å². The minimum absolute atomic E-state index is 0.263. The molecule has 0 bridgehead atoms. The molecular weight excluding hydrogens is 486 g/mol. The van der Waals surface area contributed by atoms with Crippen LogP contribution >= 0.6 is 11.6 Å². The van der Waals surface area contributed by atoms with Crippen molar-refractivity contribution in [3.8, 4) is 28.0 Å². The molecule has 7 nitrogen and oxygen atoms in total. The van der Waals surface area contributed by atoms with Crippen molar-refractivity contribution < 1.29 is 13.2 Å². The Balaban J connectivity index is 1.97. The van der Waals surface area contributed by atoms with Gasteiger partial charge in [-0.15, -0.1) is 0 Å². The number of ether oxygens (including phenoxy) is 1. The molecule has 4 rings (SSSR count). The summed E-state index contributed by atoms with van der Waals surface area (Å²) in [7, 11) is -1.75. The standard InChI is InChI=1S/C26H26ClN3O4S/c1-26(2,3)22-12-19(20-11-17(27)14-29-25(20)31)23-21(24(22)34-4)10-16(13-28-23)15-6-8-18(9-7-15)30-35(5,32)33/h6-14,30H,1-5H3,(H,29,31). The fourth-order valence-corrected chi connectivity index (χ4v) is 4.75. The van der Waals surface area contributed by atoms with Crippen LogP contribution in [0.4, 0.5) is 5.69 Å². The number of nitrogens with zero attached hydrogens (tertiary/aromatic N) is 1. The van der Waals surface area contributed by atoms with Crippen LogP contribution in [-0.2, 0) is 15.4 Å². The van der Waals surface area contributed by atoms with Crippen molar-refractivity contribution >= 4 is 38.2 Å². The molecule has 9 heteroatoms. The van der Waals surface area contributed by atoms with Gasteiger partial charge in [0.15, 0.2) is 0 Å². The van der Waals surface area contributed by atoms with Crippen molar-refractivity contribution in [3.05, 3.63) is 75.8 Å². The molecule has 182 valence electrons. The molecule has 2 aromatic heterocycles. The summed E-state index contributed by atoms with van der Waals surface area (Å²) in [6, 6.07) is 12.6. The van der Waals surface area contributed by atoms with Crippen LogP contribution in [0.25, 0.3) is 33.2 Å². The molecule has 0 aliphatic carbocycles. The number of methoxy groups -OCH3 is 1. The first-order valence-corrected chi connectivity index (χ1v) is 13.1. The zero-order valence-corrected chi connectivity index (χ0v) is 21.6. The molecule has 35 heavy (non-hydrogen) atoms. The molecule has 2 aromatic carbocycles. The number of rotatable bonds is 5. The number of pyridine rings is 2. The molecule has 0 saturated heterocycles. The highest BCUT2D eigenvalue weighted by molar-refractivity contribution is 7.92. The molecule has 0 radical (unpaired) electrons. The molecule has 0 atom stereocenters. The van der Waals surface area contributed by atoms with Crippen LogP contribution in [0.1, 0.15) is 26.3 Å². The summed E-state index contributed by atoms with van der Waals surface area (Å²) in [6.07, 6.45) is 4.28. The number of fused-ring (bicyclic) bond motifs is 1. The van der Waals surface area contributed by atoms with E-state index in [0.717, 1.165) is 28.3 Å². The van der Waals surface area contributed by atoms with E-state index in [2.05, 4.69) is 30.5 Å². The SMILES string of the molecule is COc1c(C(C)(C)C)cc(-c2cc(Cl)c[nH]c2=O)c2ncc(-c3ccc(NS(C)(=O)=O)cc3)cc12. The monoisotopic (exact) mass is 511 g/mol. The van der Waals surface area contributed by atoms with E-state index in [0.29, 0.717) is 33.1 Å².